The second kappa shape index (κ2) is 7.06. The van der Waals surface area contributed by atoms with Gasteiger partial charge in [-0.1, -0.05) is 38.2 Å². The molecule has 1 aliphatic rings. The molecule has 0 saturated heterocycles. The molecule has 0 radical (unpaired) electrons. The summed E-state index contributed by atoms with van der Waals surface area (Å²) in [6.07, 6.45) is 7.24. The van der Waals surface area contributed by atoms with Crippen LogP contribution in [0.2, 0.25) is 0 Å². The summed E-state index contributed by atoms with van der Waals surface area (Å²) in [7, 11) is 0. The Kier molecular flexibility index (Phi) is 5.40. The molecule has 106 valence electrons. The molecule has 1 aromatic rings. The zero-order chi connectivity index (χ0) is 13.7. The van der Waals surface area contributed by atoms with E-state index in [1.807, 2.05) is 24.4 Å². The Bertz CT molecular complexity index is 385. The molecule has 1 aromatic heterocycles. The summed E-state index contributed by atoms with van der Waals surface area (Å²) in [5, 5.41) is 5.05. The quantitative estimate of drug-likeness (QED) is 0.870. The fourth-order valence-corrected chi connectivity index (χ4v) is 3.55. The molecule has 0 aromatic carbocycles. The lowest BCUT2D eigenvalue weighted by atomic mass is 9.85. The van der Waals surface area contributed by atoms with E-state index in [-0.39, 0.29) is 18.0 Å². The van der Waals surface area contributed by atoms with Gasteiger partial charge in [0, 0.05) is 4.88 Å². The van der Waals surface area contributed by atoms with Crippen molar-refractivity contribution in [1.82, 2.24) is 5.32 Å². The van der Waals surface area contributed by atoms with Crippen molar-refractivity contribution in [3.8, 4) is 0 Å². The van der Waals surface area contributed by atoms with Crippen LogP contribution in [0.15, 0.2) is 17.5 Å². The van der Waals surface area contributed by atoms with Crippen LogP contribution in [0.3, 0.4) is 0 Å². The Morgan fingerprint density at radius 2 is 2.21 bits per heavy atom. The van der Waals surface area contributed by atoms with Crippen LogP contribution in [-0.2, 0) is 4.79 Å². The van der Waals surface area contributed by atoms with Crippen LogP contribution in [0.25, 0.3) is 0 Å². The summed E-state index contributed by atoms with van der Waals surface area (Å²) in [6, 6.07) is 3.75. The minimum atomic E-state index is -0.356. The molecular formula is C15H24N2OS. The van der Waals surface area contributed by atoms with Crippen LogP contribution >= 0.6 is 11.3 Å². The molecule has 2 rings (SSSR count). The Labute approximate surface area is 119 Å². The number of thiophene rings is 1. The number of rotatable bonds is 5. The maximum Gasteiger partial charge on any atom is 0.237 e. The van der Waals surface area contributed by atoms with E-state index in [2.05, 4.69) is 5.32 Å². The van der Waals surface area contributed by atoms with Gasteiger partial charge in [-0.2, -0.15) is 0 Å². The third-order valence-electron chi connectivity index (χ3n) is 3.98. The second-order valence-corrected chi connectivity index (χ2v) is 6.57. The molecule has 1 fully saturated rings. The highest BCUT2D eigenvalue weighted by Crippen LogP contribution is 2.27. The van der Waals surface area contributed by atoms with Gasteiger partial charge < -0.3 is 11.1 Å². The molecule has 1 aliphatic carbocycles. The van der Waals surface area contributed by atoms with E-state index in [0.717, 1.165) is 6.42 Å². The molecule has 0 bridgehead atoms. The van der Waals surface area contributed by atoms with E-state index < -0.39 is 0 Å². The predicted molar refractivity (Wildman–Crippen MR) is 80.0 cm³/mol. The third-order valence-corrected chi connectivity index (χ3v) is 5.03. The molecular weight excluding hydrogens is 256 g/mol. The van der Waals surface area contributed by atoms with Crippen LogP contribution < -0.4 is 11.1 Å². The van der Waals surface area contributed by atoms with Crippen molar-refractivity contribution in [2.24, 2.45) is 11.7 Å². The molecule has 0 spiro atoms. The van der Waals surface area contributed by atoms with Crippen molar-refractivity contribution in [3.05, 3.63) is 22.4 Å². The van der Waals surface area contributed by atoms with E-state index in [4.69, 9.17) is 5.73 Å². The van der Waals surface area contributed by atoms with Crippen molar-refractivity contribution < 1.29 is 4.79 Å². The van der Waals surface area contributed by atoms with Gasteiger partial charge >= 0.3 is 0 Å². The van der Waals surface area contributed by atoms with E-state index in [1.54, 1.807) is 11.3 Å². The van der Waals surface area contributed by atoms with Crippen molar-refractivity contribution in [2.45, 2.75) is 57.5 Å². The smallest absolute Gasteiger partial charge is 0.237 e. The zero-order valence-electron chi connectivity index (χ0n) is 11.6. The van der Waals surface area contributed by atoms with Crippen molar-refractivity contribution in [2.75, 3.05) is 0 Å². The number of nitrogens with two attached hydrogens (primary N) is 1. The first-order valence-electron chi connectivity index (χ1n) is 7.26. The normalized spacial score (nSPS) is 19.9. The standard InChI is InChI=1S/C15H24N2OS/c1-11(14-8-5-9-19-14)17-15(18)13(16)10-12-6-3-2-4-7-12/h5,8-9,11-13H,2-4,6-7,10,16H2,1H3,(H,17,18). The third kappa shape index (κ3) is 4.32. The highest BCUT2D eigenvalue weighted by atomic mass is 32.1. The maximum atomic E-state index is 12.1. The summed E-state index contributed by atoms with van der Waals surface area (Å²) < 4.78 is 0. The van der Waals surface area contributed by atoms with Gasteiger partial charge in [0.2, 0.25) is 5.91 Å². The molecule has 1 amide bonds. The Morgan fingerprint density at radius 1 is 1.47 bits per heavy atom. The van der Waals surface area contributed by atoms with E-state index in [9.17, 15) is 4.79 Å². The highest BCUT2D eigenvalue weighted by Gasteiger charge is 2.22. The van der Waals surface area contributed by atoms with Gasteiger partial charge in [-0.25, -0.2) is 0 Å². The van der Waals surface area contributed by atoms with Gasteiger partial charge in [0.1, 0.15) is 0 Å². The molecule has 0 aliphatic heterocycles. The lowest BCUT2D eigenvalue weighted by Gasteiger charge is -2.24. The average Bonchev–Trinajstić information content (AvgIpc) is 2.93. The van der Waals surface area contributed by atoms with Gasteiger partial charge in [-0.3, -0.25) is 4.79 Å². The van der Waals surface area contributed by atoms with Gasteiger partial charge in [0.15, 0.2) is 0 Å². The van der Waals surface area contributed by atoms with E-state index in [1.165, 1.54) is 37.0 Å². The van der Waals surface area contributed by atoms with E-state index in [0.29, 0.717) is 5.92 Å². The zero-order valence-corrected chi connectivity index (χ0v) is 12.4. The first kappa shape index (κ1) is 14.5. The summed E-state index contributed by atoms with van der Waals surface area (Å²) in [5.74, 6) is 0.637. The van der Waals surface area contributed by atoms with Crippen molar-refractivity contribution >= 4 is 17.2 Å². The molecule has 2 unspecified atom stereocenters. The largest absolute Gasteiger partial charge is 0.347 e. The molecule has 2 atom stereocenters. The van der Waals surface area contributed by atoms with Crippen LogP contribution in [0.1, 0.15) is 56.4 Å². The topological polar surface area (TPSA) is 55.1 Å². The maximum absolute atomic E-state index is 12.1. The Morgan fingerprint density at radius 3 is 2.84 bits per heavy atom. The molecule has 1 saturated carbocycles. The molecule has 4 heteroatoms. The second-order valence-electron chi connectivity index (χ2n) is 5.59. The van der Waals surface area contributed by atoms with E-state index >= 15 is 0 Å². The Hall–Kier alpha value is -0.870. The molecule has 1 heterocycles. The van der Waals surface area contributed by atoms with Crippen molar-refractivity contribution in [1.29, 1.82) is 0 Å². The monoisotopic (exact) mass is 280 g/mol. The summed E-state index contributed by atoms with van der Waals surface area (Å²) in [4.78, 5) is 13.3. The molecule has 19 heavy (non-hydrogen) atoms. The minimum absolute atomic E-state index is 0.00789. The van der Waals surface area contributed by atoms with Crippen LogP contribution in [0.4, 0.5) is 0 Å². The first-order valence-corrected chi connectivity index (χ1v) is 8.14. The number of amides is 1. The number of carbonyl (C=O) groups is 1. The predicted octanol–water partition coefficient (Wildman–Crippen LogP) is 3.22. The van der Waals surface area contributed by atoms with Crippen LogP contribution in [-0.4, -0.2) is 11.9 Å². The minimum Gasteiger partial charge on any atom is -0.347 e. The van der Waals surface area contributed by atoms with Crippen LogP contribution in [0, 0.1) is 5.92 Å². The summed E-state index contributed by atoms with van der Waals surface area (Å²) in [5.41, 5.74) is 6.04. The van der Waals surface area contributed by atoms with Crippen LogP contribution in [0.5, 0.6) is 0 Å². The Balaban J connectivity index is 1.78. The van der Waals surface area contributed by atoms with Gasteiger partial charge in [-0.15, -0.1) is 11.3 Å². The number of nitrogens with one attached hydrogen (secondary N) is 1. The lowest BCUT2D eigenvalue weighted by Crippen LogP contribution is -2.42. The molecule has 3 N–H and O–H groups in total. The first-order chi connectivity index (χ1) is 9.16. The SMILES string of the molecule is CC(NC(=O)C(N)CC1CCCCC1)c1cccs1. The average molecular weight is 280 g/mol. The number of hydrogen-bond acceptors (Lipinski definition) is 3. The number of hydrogen-bond donors (Lipinski definition) is 2. The van der Waals surface area contributed by atoms with Gasteiger partial charge in [0.05, 0.1) is 12.1 Å². The number of carbonyl (C=O) groups excluding carboxylic acids is 1. The van der Waals surface area contributed by atoms with Gasteiger partial charge in [0.25, 0.3) is 0 Å². The lowest BCUT2D eigenvalue weighted by molar-refractivity contribution is -0.123. The van der Waals surface area contributed by atoms with Gasteiger partial charge in [-0.05, 0) is 30.7 Å². The summed E-state index contributed by atoms with van der Waals surface area (Å²) in [6.45, 7) is 2.01. The highest BCUT2D eigenvalue weighted by molar-refractivity contribution is 7.10. The summed E-state index contributed by atoms with van der Waals surface area (Å²) >= 11 is 1.66. The fourth-order valence-electron chi connectivity index (χ4n) is 2.82. The van der Waals surface area contributed by atoms with Crippen molar-refractivity contribution in [3.63, 3.8) is 0 Å². The fraction of sp³-hybridized carbons (Fsp3) is 0.667. The molecule has 3 nitrogen and oxygen atoms in total.